The van der Waals surface area contributed by atoms with Crippen LogP contribution in [0.1, 0.15) is 24.5 Å². The van der Waals surface area contributed by atoms with E-state index in [9.17, 15) is 9.50 Å². The van der Waals surface area contributed by atoms with Crippen LogP contribution in [0, 0.1) is 5.82 Å². The predicted octanol–water partition coefficient (Wildman–Crippen LogP) is 3.49. The maximum Gasteiger partial charge on any atom is 0.129 e. The molecule has 0 aliphatic heterocycles. The van der Waals surface area contributed by atoms with Crippen molar-refractivity contribution in [2.24, 2.45) is 0 Å². The Kier molecular flexibility index (Phi) is 4.48. The lowest BCUT2D eigenvalue weighted by atomic mass is 9.82. The second-order valence-electron chi connectivity index (χ2n) is 4.73. The number of aliphatic hydroxyl groups is 1. The van der Waals surface area contributed by atoms with E-state index in [-0.39, 0.29) is 12.0 Å². The minimum Gasteiger partial charge on any atom is -0.496 e. The molecule has 3 nitrogen and oxygen atoms in total. The number of rotatable bonds is 5. The Morgan fingerprint density at radius 2 is 1.57 bits per heavy atom. The van der Waals surface area contributed by atoms with Gasteiger partial charge in [0.05, 0.1) is 19.8 Å². The van der Waals surface area contributed by atoms with Gasteiger partial charge in [-0.15, -0.1) is 0 Å². The zero-order chi connectivity index (χ0) is 15.5. The molecule has 0 amide bonds. The summed E-state index contributed by atoms with van der Waals surface area (Å²) in [6, 6.07) is 11.4. The molecule has 0 saturated heterocycles. The van der Waals surface area contributed by atoms with Crippen molar-refractivity contribution >= 4 is 0 Å². The van der Waals surface area contributed by atoms with E-state index in [4.69, 9.17) is 9.47 Å². The SMILES string of the molecule is CCC(O)(c1ccccc1F)c1c(OC)cccc1OC. The van der Waals surface area contributed by atoms with Crippen molar-refractivity contribution in [2.75, 3.05) is 14.2 Å². The van der Waals surface area contributed by atoms with Crippen molar-refractivity contribution in [2.45, 2.75) is 18.9 Å². The van der Waals surface area contributed by atoms with Gasteiger partial charge in [0.2, 0.25) is 0 Å². The average Bonchev–Trinajstić information content (AvgIpc) is 2.53. The molecule has 0 bridgehead atoms. The van der Waals surface area contributed by atoms with E-state index in [0.717, 1.165) is 0 Å². The summed E-state index contributed by atoms with van der Waals surface area (Å²) in [5, 5.41) is 11.2. The van der Waals surface area contributed by atoms with Gasteiger partial charge >= 0.3 is 0 Å². The summed E-state index contributed by atoms with van der Waals surface area (Å²) in [5.74, 6) is 0.457. The Morgan fingerprint density at radius 1 is 1.00 bits per heavy atom. The highest BCUT2D eigenvalue weighted by Gasteiger charge is 2.37. The Bertz CT molecular complexity index is 605. The van der Waals surface area contributed by atoms with E-state index >= 15 is 0 Å². The van der Waals surface area contributed by atoms with Crippen LogP contribution in [0.5, 0.6) is 11.5 Å². The largest absolute Gasteiger partial charge is 0.496 e. The Morgan fingerprint density at radius 3 is 2.05 bits per heavy atom. The summed E-state index contributed by atoms with van der Waals surface area (Å²) < 4.78 is 24.9. The molecular weight excluding hydrogens is 271 g/mol. The van der Waals surface area contributed by atoms with Crippen molar-refractivity contribution in [1.29, 1.82) is 0 Å². The van der Waals surface area contributed by atoms with Crippen LogP contribution in [-0.2, 0) is 5.60 Å². The fraction of sp³-hybridized carbons (Fsp3) is 0.294. The summed E-state index contributed by atoms with van der Waals surface area (Å²) in [7, 11) is 3.02. The van der Waals surface area contributed by atoms with Crippen LogP contribution in [0.15, 0.2) is 42.5 Å². The van der Waals surface area contributed by atoms with E-state index in [0.29, 0.717) is 17.1 Å². The van der Waals surface area contributed by atoms with Crippen molar-refractivity contribution in [1.82, 2.24) is 0 Å². The highest BCUT2D eigenvalue weighted by Crippen LogP contribution is 2.44. The lowest BCUT2D eigenvalue weighted by molar-refractivity contribution is 0.0669. The molecular formula is C17H19FO3. The quantitative estimate of drug-likeness (QED) is 0.916. The van der Waals surface area contributed by atoms with Gasteiger partial charge in [0.1, 0.15) is 22.9 Å². The molecule has 1 atom stereocenters. The third-order valence-corrected chi connectivity index (χ3v) is 3.67. The molecule has 4 heteroatoms. The number of benzene rings is 2. The van der Waals surface area contributed by atoms with Crippen LogP contribution < -0.4 is 9.47 Å². The average molecular weight is 290 g/mol. The summed E-state index contributed by atoms with van der Waals surface area (Å²) in [6.07, 6.45) is 0.282. The van der Waals surface area contributed by atoms with Crippen molar-refractivity contribution in [3.8, 4) is 11.5 Å². The van der Waals surface area contributed by atoms with Crippen molar-refractivity contribution in [3.63, 3.8) is 0 Å². The summed E-state index contributed by atoms with van der Waals surface area (Å²) in [6.45, 7) is 1.79. The Labute approximate surface area is 124 Å². The number of hydrogen-bond acceptors (Lipinski definition) is 3. The van der Waals surface area contributed by atoms with E-state index in [1.54, 1.807) is 43.3 Å². The molecule has 0 radical (unpaired) electrons. The Balaban J connectivity index is 2.74. The van der Waals surface area contributed by atoms with Crippen molar-refractivity contribution < 1.29 is 19.0 Å². The van der Waals surface area contributed by atoms with Gasteiger partial charge in [-0.2, -0.15) is 0 Å². The fourth-order valence-corrected chi connectivity index (χ4v) is 2.56. The normalized spacial score (nSPS) is 13.6. The second-order valence-corrected chi connectivity index (χ2v) is 4.73. The summed E-state index contributed by atoms with van der Waals surface area (Å²) in [4.78, 5) is 0. The number of halogens is 1. The third kappa shape index (κ3) is 2.59. The van der Waals surface area contributed by atoms with Gasteiger partial charge in [0, 0.05) is 5.56 Å². The van der Waals surface area contributed by atoms with E-state index in [1.165, 1.54) is 20.3 Å². The first kappa shape index (κ1) is 15.3. The summed E-state index contributed by atoms with van der Waals surface area (Å²) in [5.41, 5.74) is -0.888. The van der Waals surface area contributed by atoms with Gasteiger partial charge in [-0.1, -0.05) is 31.2 Å². The maximum absolute atomic E-state index is 14.2. The highest BCUT2D eigenvalue weighted by molar-refractivity contribution is 5.53. The molecule has 2 aromatic rings. The molecule has 0 heterocycles. The molecule has 1 N–H and O–H groups in total. The van der Waals surface area contributed by atoms with Gasteiger partial charge in [-0.25, -0.2) is 4.39 Å². The first-order valence-corrected chi connectivity index (χ1v) is 6.77. The molecule has 0 fully saturated rings. The molecule has 0 saturated carbocycles. The molecule has 0 aliphatic rings. The van der Waals surface area contributed by atoms with E-state index in [1.807, 2.05) is 0 Å². The van der Waals surface area contributed by atoms with Crippen LogP contribution in [0.4, 0.5) is 4.39 Å². The van der Waals surface area contributed by atoms with E-state index < -0.39 is 11.4 Å². The molecule has 2 rings (SSSR count). The van der Waals surface area contributed by atoms with Crippen LogP contribution >= 0.6 is 0 Å². The standard InChI is InChI=1S/C17H19FO3/c1-4-17(19,12-8-5-6-9-13(12)18)16-14(20-2)10-7-11-15(16)21-3/h5-11,19H,4H2,1-3H3. The third-order valence-electron chi connectivity index (χ3n) is 3.67. The molecule has 2 aromatic carbocycles. The first-order chi connectivity index (χ1) is 10.1. The van der Waals surface area contributed by atoms with Crippen LogP contribution in [0.2, 0.25) is 0 Å². The molecule has 0 aliphatic carbocycles. The molecule has 1 unspecified atom stereocenters. The Hall–Kier alpha value is -2.07. The minimum absolute atomic E-state index is 0.204. The monoisotopic (exact) mass is 290 g/mol. The topological polar surface area (TPSA) is 38.7 Å². The highest BCUT2D eigenvalue weighted by atomic mass is 19.1. The zero-order valence-corrected chi connectivity index (χ0v) is 12.4. The molecule has 0 aromatic heterocycles. The molecule has 0 spiro atoms. The first-order valence-electron chi connectivity index (χ1n) is 6.77. The van der Waals surface area contributed by atoms with Gasteiger partial charge < -0.3 is 14.6 Å². The van der Waals surface area contributed by atoms with Crippen LogP contribution in [0.25, 0.3) is 0 Å². The van der Waals surface area contributed by atoms with Crippen LogP contribution in [-0.4, -0.2) is 19.3 Å². The maximum atomic E-state index is 14.2. The number of ether oxygens (including phenoxy) is 2. The minimum atomic E-state index is -1.52. The van der Waals surface area contributed by atoms with Gasteiger partial charge in [-0.05, 0) is 24.6 Å². The fourth-order valence-electron chi connectivity index (χ4n) is 2.56. The van der Waals surface area contributed by atoms with E-state index in [2.05, 4.69) is 0 Å². The molecule has 21 heavy (non-hydrogen) atoms. The zero-order valence-electron chi connectivity index (χ0n) is 12.4. The predicted molar refractivity (Wildman–Crippen MR) is 79.2 cm³/mol. The van der Waals surface area contributed by atoms with Gasteiger partial charge in [0.25, 0.3) is 0 Å². The lowest BCUT2D eigenvalue weighted by Gasteiger charge is -2.31. The van der Waals surface area contributed by atoms with Crippen molar-refractivity contribution in [3.05, 3.63) is 59.4 Å². The number of methoxy groups -OCH3 is 2. The molecule has 112 valence electrons. The smallest absolute Gasteiger partial charge is 0.129 e. The lowest BCUT2D eigenvalue weighted by Crippen LogP contribution is -2.29. The van der Waals surface area contributed by atoms with Crippen LogP contribution in [0.3, 0.4) is 0 Å². The van der Waals surface area contributed by atoms with Gasteiger partial charge in [-0.3, -0.25) is 0 Å². The number of hydrogen-bond donors (Lipinski definition) is 1. The second kappa shape index (κ2) is 6.14. The summed E-state index contributed by atoms with van der Waals surface area (Å²) >= 11 is 0. The van der Waals surface area contributed by atoms with Gasteiger partial charge in [0.15, 0.2) is 0 Å².